The minimum atomic E-state index is -1.13. The summed E-state index contributed by atoms with van der Waals surface area (Å²) in [4.78, 5) is 4.22. The summed E-state index contributed by atoms with van der Waals surface area (Å²) < 4.78 is 21.2. The summed E-state index contributed by atoms with van der Waals surface area (Å²) in [7, 11) is 0. The molecule has 0 amide bonds. The Morgan fingerprint density at radius 2 is 2.11 bits per heavy atom. The van der Waals surface area contributed by atoms with Crippen LogP contribution in [0.25, 0.3) is 0 Å². The topological polar surface area (TPSA) is 57.2 Å². The zero-order valence-electron chi connectivity index (χ0n) is 10.7. The molecule has 0 aliphatic carbocycles. The highest BCUT2D eigenvalue weighted by atomic mass is 79.9. The summed E-state index contributed by atoms with van der Waals surface area (Å²) in [6.07, 6.45) is 1.79. The van der Waals surface area contributed by atoms with Crippen LogP contribution in [-0.2, 0) is 21.6 Å². The Balaban J connectivity index is 2.18. The van der Waals surface area contributed by atoms with E-state index in [9.17, 15) is 4.55 Å². The highest BCUT2D eigenvalue weighted by Gasteiger charge is 2.46. The molecule has 1 aromatic heterocycles. The number of pyridine rings is 1. The molecular weight excluding hydrogens is 316 g/mol. The van der Waals surface area contributed by atoms with E-state index in [1.54, 1.807) is 6.20 Å². The normalized spacial score (nSPS) is 20.3. The Bertz CT molecular complexity index is 415. The molecular formula is C12H17BrN2O2S. The summed E-state index contributed by atoms with van der Waals surface area (Å²) in [5.74, 6) is 0. The largest absolute Gasteiger partial charge is 0.598 e. The van der Waals surface area contributed by atoms with Crippen LogP contribution in [0.3, 0.4) is 0 Å². The van der Waals surface area contributed by atoms with E-state index in [-0.39, 0.29) is 10.3 Å². The molecule has 1 saturated heterocycles. The molecule has 4 nitrogen and oxygen atoms in total. The van der Waals surface area contributed by atoms with Crippen LogP contribution in [0, 0.1) is 0 Å². The second kappa shape index (κ2) is 5.09. The number of nitrogens with zero attached hydrogens (tertiary/aromatic N) is 1. The quantitative estimate of drug-likeness (QED) is 0.680. The highest BCUT2D eigenvalue weighted by Crippen LogP contribution is 2.32. The Morgan fingerprint density at radius 3 is 2.50 bits per heavy atom. The Morgan fingerprint density at radius 1 is 1.44 bits per heavy atom. The average molecular weight is 333 g/mol. The first-order valence-electron chi connectivity index (χ1n) is 5.73. The lowest BCUT2D eigenvalue weighted by molar-refractivity contribution is -0.0668. The van der Waals surface area contributed by atoms with E-state index in [1.807, 2.05) is 32.9 Å². The first-order chi connectivity index (χ1) is 8.33. The molecule has 0 saturated carbocycles. The molecule has 18 heavy (non-hydrogen) atoms. The minimum absolute atomic E-state index is 0.300. The van der Waals surface area contributed by atoms with Crippen molar-refractivity contribution in [1.29, 1.82) is 0 Å². The SMILES string of the molecule is CC(C)(C)[S+]([O-])NC1(c2ccc(Br)nc2)COC1. The van der Waals surface area contributed by atoms with Crippen LogP contribution in [0.2, 0.25) is 0 Å². The van der Waals surface area contributed by atoms with E-state index in [0.29, 0.717) is 13.2 Å². The van der Waals surface area contributed by atoms with Crippen LogP contribution in [0.1, 0.15) is 26.3 Å². The monoisotopic (exact) mass is 332 g/mol. The van der Waals surface area contributed by atoms with Gasteiger partial charge in [0.2, 0.25) is 0 Å². The molecule has 2 rings (SSSR count). The Kier molecular flexibility index (Phi) is 4.04. The maximum atomic E-state index is 12.2. The number of ether oxygens (including phenoxy) is 1. The average Bonchev–Trinajstić information content (AvgIpc) is 2.23. The first kappa shape index (κ1) is 14.3. The third kappa shape index (κ3) is 2.88. The second-order valence-corrected chi connectivity index (χ2v) is 8.21. The van der Waals surface area contributed by atoms with Gasteiger partial charge in [0.15, 0.2) is 0 Å². The molecule has 0 radical (unpaired) electrons. The van der Waals surface area contributed by atoms with Gasteiger partial charge in [0.05, 0.1) is 13.2 Å². The van der Waals surface area contributed by atoms with Gasteiger partial charge in [-0.25, -0.2) is 4.98 Å². The van der Waals surface area contributed by atoms with E-state index in [1.165, 1.54) is 0 Å². The van der Waals surface area contributed by atoms with Crippen molar-refractivity contribution >= 4 is 27.3 Å². The molecule has 0 aromatic carbocycles. The Hall–Kier alpha value is -0.140. The molecule has 2 heterocycles. The van der Waals surface area contributed by atoms with Crippen molar-refractivity contribution in [2.24, 2.45) is 0 Å². The van der Waals surface area contributed by atoms with E-state index in [4.69, 9.17) is 4.74 Å². The summed E-state index contributed by atoms with van der Waals surface area (Å²) >= 11 is 2.18. The van der Waals surface area contributed by atoms with Crippen molar-refractivity contribution in [3.8, 4) is 0 Å². The molecule has 0 bridgehead atoms. The summed E-state index contributed by atoms with van der Waals surface area (Å²) in [5.41, 5.74) is 0.640. The molecule has 100 valence electrons. The van der Waals surface area contributed by atoms with Gasteiger partial charge in [0, 0.05) is 17.6 Å². The van der Waals surface area contributed by atoms with Crippen LogP contribution in [0.15, 0.2) is 22.9 Å². The van der Waals surface area contributed by atoms with Gasteiger partial charge in [0.1, 0.15) is 14.9 Å². The van der Waals surface area contributed by atoms with Crippen molar-refractivity contribution in [2.45, 2.75) is 31.1 Å². The van der Waals surface area contributed by atoms with Crippen molar-refractivity contribution in [3.05, 3.63) is 28.5 Å². The number of hydrogen-bond acceptors (Lipinski definition) is 4. The van der Waals surface area contributed by atoms with Gasteiger partial charge in [-0.15, -0.1) is 4.72 Å². The number of nitrogens with one attached hydrogen (secondary N) is 1. The summed E-state index contributed by atoms with van der Waals surface area (Å²) in [6, 6.07) is 3.86. The molecule has 6 heteroatoms. The van der Waals surface area contributed by atoms with Crippen LogP contribution in [-0.4, -0.2) is 27.5 Å². The lowest BCUT2D eigenvalue weighted by atomic mass is 9.91. The zero-order valence-corrected chi connectivity index (χ0v) is 13.1. The first-order valence-corrected chi connectivity index (χ1v) is 7.67. The van der Waals surface area contributed by atoms with Crippen LogP contribution in [0.4, 0.5) is 0 Å². The molecule has 1 aromatic rings. The van der Waals surface area contributed by atoms with Gasteiger partial charge in [-0.3, -0.25) is 0 Å². The standard InChI is InChI=1S/C12H17BrN2O2S/c1-11(2,3)18(16)15-12(7-17-8-12)9-4-5-10(13)14-6-9/h4-6,15H,7-8H2,1-3H3. The lowest BCUT2D eigenvalue weighted by Gasteiger charge is -2.43. The summed E-state index contributed by atoms with van der Waals surface area (Å²) in [6.45, 7) is 6.89. The number of aromatic nitrogens is 1. The van der Waals surface area contributed by atoms with Crippen molar-refractivity contribution in [2.75, 3.05) is 13.2 Å². The maximum absolute atomic E-state index is 12.2. The van der Waals surface area contributed by atoms with Crippen LogP contribution >= 0.6 is 15.9 Å². The molecule has 1 fully saturated rings. The third-order valence-electron chi connectivity index (χ3n) is 2.82. The van der Waals surface area contributed by atoms with Gasteiger partial charge in [-0.2, -0.15) is 0 Å². The highest BCUT2D eigenvalue weighted by molar-refractivity contribution is 9.10. The lowest BCUT2D eigenvalue weighted by Crippen LogP contribution is -2.61. The van der Waals surface area contributed by atoms with Crippen molar-refractivity contribution < 1.29 is 9.29 Å². The fraction of sp³-hybridized carbons (Fsp3) is 0.583. The summed E-state index contributed by atoms with van der Waals surface area (Å²) in [5, 5.41) is 0. The maximum Gasteiger partial charge on any atom is 0.136 e. The van der Waals surface area contributed by atoms with Gasteiger partial charge >= 0.3 is 0 Å². The molecule has 1 atom stereocenters. The van der Waals surface area contributed by atoms with Gasteiger partial charge < -0.3 is 9.29 Å². The fourth-order valence-electron chi connectivity index (χ4n) is 1.58. The molecule has 1 N–H and O–H groups in total. The Labute approximate surface area is 119 Å². The fourth-order valence-corrected chi connectivity index (χ4v) is 2.71. The second-order valence-electron chi connectivity index (χ2n) is 5.43. The van der Waals surface area contributed by atoms with Gasteiger partial charge in [-0.05, 0) is 48.3 Å². The molecule has 1 unspecified atom stereocenters. The minimum Gasteiger partial charge on any atom is -0.598 e. The molecule has 1 aliphatic rings. The molecule has 1 aliphatic heterocycles. The van der Waals surface area contributed by atoms with Gasteiger partial charge in [-0.1, -0.05) is 6.07 Å². The van der Waals surface area contributed by atoms with Crippen molar-refractivity contribution in [3.63, 3.8) is 0 Å². The predicted molar refractivity (Wildman–Crippen MR) is 75.5 cm³/mol. The van der Waals surface area contributed by atoms with Gasteiger partial charge in [0.25, 0.3) is 0 Å². The van der Waals surface area contributed by atoms with Crippen LogP contribution in [0.5, 0.6) is 0 Å². The molecule has 0 spiro atoms. The van der Waals surface area contributed by atoms with E-state index >= 15 is 0 Å². The van der Waals surface area contributed by atoms with Crippen molar-refractivity contribution in [1.82, 2.24) is 9.71 Å². The van der Waals surface area contributed by atoms with E-state index in [2.05, 4.69) is 25.6 Å². The number of hydrogen-bond donors (Lipinski definition) is 1. The number of rotatable bonds is 3. The van der Waals surface area contributed by atoms with E-state index < -0.39 is 11.4 Å². The smallest absolute Gasteiger partial charge is 0.136 e. The third-order valence-corrected chi connectivity index (χ3v) is 4.98. The van der Waals surface area contributed by atoms with E-state index in [0.717, 1.165) is 10.2 Å². The van der Waals surface area contributed by atoms with Crippen LogP contribution < -0.4 is 4.72 Å². The zero-order chi connectivity index (χ0) is 13.4. The number of halogens is 1. The predicted octanol–water partition coefficient (Wildman–Crippen LogP) is 2.12.